The van der Waals surface area contributed by atoms with Crippen LogP contribution >= 0.6 is 11.3 Å². The van der Waals surface area contributed by atoms with Gasteiger partial charge in [0.25, 0.3) is 0 Å². The lowest BCUT2D eigenvalue weighted by molar-refractivity contribution is -0.304. The summed E-state index contributed by atoms with van der Waals surface area (Å²) in [5, 5.41) is 16.1. The molecule has 0 amide bonds. The molecule has 5 nitrogen and oxygen atoms in total. The molecule has 24 heavy (non-hydrogen) atoms. The standard InChI is InChI=1S/C18H24N2O3S/c1-12-6-5-7-14(18(2,3)4)16(12)23-9-8-19-17-20-13(11-24-17)10-15(21)22/h5-7,11H,8-10H2,1-4H3,(H,19,20)(H,21,22)/p-1. The average molecular weight is 347 g/mol. The Bertz CT molecular complexity index is 705. The molecule has 0 saturated carbocycles. The molecule has 0 unspecified atom stereocenters. The number of hydrogen-bond acceptors (Lipinski definition) is 6. The predicted octanol–water partition coefficient (Wildman–Crippen LogP) is 2.53. The van der Waals surface area contributed by atoms with Crippen LogP contribution in [0.15, 0.2) is 23.6 Å². The molecule has 1 aromatic heterocycles. The largest absolute Gasteiger partial charge is 0.550 e. The second kappa shape index (κ2) is 7.66. The van der Waals surface area contributed by atoms with E-state index in [4.69, 9.17) is 4.74 Å². The number of rotatable bonds is 7. The number of nitrogens with zero attached hydrogens (tertiary/aromatic N) is 1. The van der Waals surface area contributed by atoms with Crippen molar-refractivity contribution in [1.29, 1.82) is 0 Å². The quantitative estimate of drug-likeness (QED) is 0.779. The fraction of sp³-hybridized carbons (Fsp3) is 0.444. The van der Waals surface area contributed by atoms with E-state index in [1.165, 1.54) is 16.9 Å². The minimum absolute atomic E-state index is 0.0177. The lowest BCUT2D eigenvalue weighted by Gasteiger charge is -2.24. The first-order valence-electron chi connectivity index (χ1n) is 7.88. The van der Waals surface area contributed by atoms with Crippen molar-refractivity contribution in [2.45, 2.75) is 39.5 Å². The van der Waals surface area contributed by atoms with Crippen molar-refractivity contribution in [1.82, 2.24) is 4.98 Å². The number of anilines is 1. The van der Waals surface area contributed by atoms with Gasteiger partial charge in [-0.25, -0.2) is 4.98 Å². The van der Waals surface area contributed by atoms with Crippen LogP contribution in [0.3, 0.4) is 0 Å². The molecule has 0 aliphatic carbocycles. The third-order valence-electron chi connectivity index (χ3n) is 3.52. The Balaban J connectivity index is 1.91. The highest BCUT2D eigenvalue weighted by atomic mass is 32.1. The number of carboxylic acid groups (broad SMARTS) is 1. The van der Waals surface area contributed by atoms with Crippen molar-refractivity contribution in [2.75, 3.05) is 18.5 Å². The van der Waals surface area contributed by atoms with Crippen LogP contribution in [0.5, 0.6) is 5.75 Å². The summed E-state index contributed by atoms with van der Waals surface area (Å²) in [5.74, 6) is -0.187. The van der Waals surface area contributed by atoms with Crippen LogP contribution in [0.4, 0.5) is 5.13 Å². The zero-order chi connectivity index (χ0) is 17.7. The Hall–Kier alpha value is -2.08. The molecule has 0 fully saturated rings. The predicted molar refractivity (Wildman–Crippen MR) is 94.7 cm³/mol. The number of ether oxygens (including phenoxy) is 1. The Morgan fingerprint density at radius 1 is 1.38 bits per heavy atom. The molecular formula is C18H23N2O3S-. The maximum Gasteiger partial charge on any atom is 0.182 e. The van der Waals surface area contributed by atoms with Crippen molar-refractivity contribution < 1.29 is 14.6 Å². The Labute approximate surface area is 146 Å². The summed E-state index contributed by atoms with van der Waals surface area (Å²) < 4.78 is 6.00. The average Bonchev–Trinajstić information content (AvgIpc) is 2.90. The van der Waals surface area contributed by atoms with Gasteiger partial charge in [0.2, 0.25) is 0 Å². The number of benzene rings is 1. The third kappa shape index (κ3) is 4.96. The fourth-order valence-corrected chi connectivity index (χ4v) is 3.10. The highest BCUT2D eigenvalue weighted by Gasteiger charge is 2.20. The summed E-state index contributed by atoms with van der Waals surface area (Å²) in [6.07, 6.45) is -0.160. The zero-order valence-electron chi connectivity index (χ0n) is 14.5. The van der Waals surface area contributed by atoms with E-state index in [0.29, 0.717) is 24.0 Å². The number of para-hydroxylation sites is 1. The Morgan fingerprint density at radius 3 is 2.79 bits per heavy atom. The SMILES string of the molecule is Cc1cccc(C(C)(C)C)c1OCCNc1nc(CC(=O)[O-])cs1. The van der Waals surface area contributed by atoms with E-state index >= 15 is 0 Å². The molecule has 0 spiro atoms. The van der Waals surface area contributed by atoms with Gasteiger partial charge in [-0.15, -0.1) is 11.3 Å². The maximum atomic E-state index is 10.6. The molecule has 0 atom stereocenters. The summed E-state index contributed by atoms with van der Waals surface area (Å²) in [6.45, 7) is 9.65. The summed E-state index contributed by atoms with van der Waals surface area (Å²) in [7, 11) is 0. The van der Waals surface area contributed by atoms with E-state index in [-0.39, 0.29) is 11.8 Å². The van der Waals surface area contributed by atoms with Crippen LogP contribution in [-0.2, 0) is 16.6 Å². The van der Waals surface area contributed by atoms with Crippen molar-refractivity contribution in [2.24, 2.45) is 0 Å². The molecule has 0 aliphatic rings. The summed E-state index contributed by atoms with van der Waals surface area (Å²) in [4.78, 5) is 14.8. The van der Waals surface area contributed by atoms with Crippen LogP contribution < -0.4 is 15.2 Å². The van der Waals surface area contributed by atoms with E-state index in [1.54, 1.807) is 5.38 Å². The van der Waals surface area contributed by atoms with Gasteiger partial charge in [0, 0.05) is 17.8 Å². The molecule has 2 aromatic rings. The number of aryl methyl sites for hydroxylation is 1. The van der Waals surface area contributed by atoms with Crippen LogP contribution in [-0.4, -0.2) is 24.1 Å². The van der Waals surface area contributed by atoms with Crippen LogP contribution in [0.25, 0.3) is 0 Å². The molecule has 0 bridgehead atoms. The van der Waals surface area contributed by atoms with Gasteiger partial charge in [-0.05, 0) is 23.5 Å². The zero-order valence-corrected chi connectivity index (χ0v) is 15.3. The minimum Gasteiger partial charge on any atom is -0.550 e. The van der Waals surface area contributed by atoms with Crippen molar-refractivity contribution in [3.8, 4) is 5.75 Å². The van der Waals surface area contributed by atoms with Gasteiger partial charge in [-0.1, -0.05) is 39.0 Å². The van der Waals surface area contributed by atoms with E-state index in [0.717, 1.165) is 11.3 Å². The van der Waals surface area contributed by atoms with Crippen molar-refractivity contribution in [3.63, 3.8) is 0 Å². The molecule has 0 radical (unpaired) electrons. The van der Waals surface area contributed by atoms with E-state index in [1.807, 2.05) is 13.0 Å². The molecule has 1 heterocycles. The monoisotopic (exact) mass is 347 g/mol. The van der Waals surface area contributed by atoms with Crippen molar-refractivity contribution in [3.05, 3.63) is 40.4 Å². The van der Waals surface area contributed by atoms with E-state index in [2.05, 4.69) is 43.2 Å². The molecule has 2 rings (SSSR count). The van der Waals surface area contributed by atoms with Gasteiger partial charge in [-0.2, -0.15) is 0 Å². The summed E-state index contributed by atoms with van der Waals surface area (Å²) in [5.41, 5.74) is 2.84. The van der Waals surface area contributed by atoms with Gasteiger partial charge in [0.05, 0.1) is 12.2 Å². The molecule has 1 N–H and O–H groups in total. The first-order chi connectivity index (χ1) is 11.3. The van der Waals surface area contributed by atoms with E-state index < -0.39 is 5.97 Å². The normalized spacial score (nSPS) is 11.3. The molecule has 6 heteroatoms. The third-order valence-corrected chi connectivity index (χ3v) is 4.37. The van der Waals surface area contributed by atoms with Crippen LogP contribution in [0.1, 0.15) is 37.6 Å². The van der Waals surface area contributed by atoms with Gasteiger partial charge >= 0.3 is 0 Å². The first kappa shape index (κ1) is 18.3. The second-order valence-electron chi connectivity index (χ2n) is 6.67. The number of hydrogen-bond donors (Lipinski definition) is 1. The molecule has 1 aromatic carbocycles. The number of carbonyl (C=O) groups excluding carboxylic acids is 1. The Morgan fingerprint density at radius 2 is 2.12 bits per heavy atom. The van der Waals surface area contributed by atoms with Gasteiger partial charge < -0.3 is 20.0 Å². The number of aliphatic carboxylic acids is 1. The Kier molecular flexibility index (Phi) is 5.83. The summed E-state index contributed by atoms with van der Waals surface area (Å²) in [6, 6.07) is 6.20. The fourth-order valence-electron chi connectivity index (χ4n) is 2.36. The minimum atomic E-state index is -1.12. The highest BCUT2D eigenvalue weighted by molar-refractivity contribution is 7.13. The first-order valence-corrected chi connectivity index (χ1v) is 8.76. The summed E-state index contributed by atoms with van der Waals surface area (Å²) >= 11 is 1.38. The number of carbonyl (C=O) groups is 1. The number of thiazole rings is 1. The van der Waals surface area contributed by atoms with Gasteiger partial charge in [0.1, 0.15) is 12.4 Å². The maximum absolute atomic E-state index is 10.6. The van der Waals surface area contributed by atoms with Crippen LogP contribution in [0.2, 0.25) is 0 Å². The molecule has 0 aliphatic heterocycles. The lowest BCUT2D eigenvalue weighted by atomic mass is 9.85. The topological polar surface area (TPSA) is 74.3 Å². The van der Waals surface area contributed by atoms with Gasteiger partial charge in [0.15, 0.2) is 5.13 Å². The highest BCUT2D eigenvalue weighted by Crippen LogP contribution is 2.33. The van der Waals surface area contributed by atoms with Crippen molar-refractivity contribution >= 4 is 22.4 Å². The number of carboxylic acids is 1. The molecule has 130 valence electrons. The molecular weight excluding hydrogens is 324 g/mol. The lowest BCUT2D eigenvalue weighted by Crippen LogP contribution is -2.24. The smallest absolute Gasteiger partial charge is 0.182 e. The number of aromatic nitrogens is 1. The van der Waals surface area contributed by atoms with E-state index in [9.17, 15) is 9.90 Å². The number of nitrogens with one attached hydrogen (secondary N) is 1. The van der Waals surface area contributed by atoms with Crippen LogP contribution in [0, 0.1) is 6.92 Å². The van der Waals surface area contributed by atoms with Gasteiger partial charge in [-0.3, -0.25) is 0 Å². The molecule has 0 saturated heterocycles. The second-order valence-corrected chi connectivity index (χ2v) is 7.53.